The van der Waals surface area contributed by atoms with Crippen molar-refractivity contribution in [3.05, 3.63) is 22.4 Å². The normalized spacial score (nSPS) is 19.9. The summed E-state index contributed by atoms with van der Waals surface area (Å²) in [6.45, 7) is 2.01. The van der Waals surface area contributed by atoms with Crippen LogP contribution in [0.25, 0.3) is 0 Å². The Balaban J connectivity index is 2.16. The summed E-state index contributed by atoms with van der Waals surface area (Å²) in [6.07, 6.45) is 1.87. The number of halogens is 2. The Morgan fingerprint density at radius 3 is 3.00 bits per heavy atom. The fourth-order valence-corrected chi connectivity index (χ4v) is 2.63. The van der Waals surface area contributed by atoms with Gasteiger partial charge in [0.1, 0.15) is 5.82 Å². The summed E-state index contributed by atoms with van der Waals surface area (Å²) in [5.41, 5.74) is 7.18. The molecule has 1 atom stereocenters. The highest BCUT2D eigenvalue weighted by molar-refractivity contribution is 9.10. The zero-order valence-corrected chi connectivity index (χ0v) is 11.1. The van der Waals surface area contributed by atoms with Crippen LogP contribution in [0.4, 0.5) is 15.8 Å². The number of aliphatic hydroxyl groups excluding tert-OH is 1. The van der Waals surface area contributed by atoms with Crippen LogP contribution in [0, 0.1) is 11.7 Å². The number of rotatable bonds is 3. The summed E-state index contributed by atoms with van der Waals surface area (Å²) >= 11 is 3.18. The molecule has 0 bridgehead atoms. The Morgan fingerprint density at radius 1 is 1.53 bits per heavy atom. The standard InChI is InChI=1S/C12H16BrFN2O/c13-9-5-12(11(15)6-10(9)14)16-3-1-8(7-16)2-4-17/h5-6,8,17H,1-4,7,15H2. The molecule has 1 aliphatic rings. The lowest BCUT2D eigenvalue weighted by Crippen LogP contribution is -2.21. The van der Waals surface area contributed by atoms with Crippen LogP contribution in [0.1, 0.15) is 12.8 Å². The molecule has 3 nitrogen and oxygen atoms in total. The Labute approximate surface area is 109 Å². The van der Waals surface area contributed by atoms with Gasteiger partial charge in [-0.15, -0.1) is 0 Å². The van der Waals surface area contributed by atoms with Gasteiger partial charge in [0.15, 0.2) is 0 Å². The summed E-state index contributed by atoms with van der Waals surface area (Å²) < 4.78 is 13.7. The maximum absolute atomic E-state index is 13.3. The van der Waals surface area contributed by atoms with Crippen LogP contribution < -0.4 is 10.6 Å². The lowest BCUT2D eigenvalue weighted by atomic mass is 10.1. The molecule has 0 aliphatic carbocycles. The second-order valence-electron chi connectivity index (χ2n) is 4.44. The third kappa shape index (κ3) is 2.72. The molecule has 1 aliphatic heterocycles. The first-order valence-electron chi connectivity index (χ1n) is 5.72. The molecular weight excluding hydrogens is 287 g/mol. The van der Waals surface area contributed by atoms with Crippen LogP contribution in [0.3, 0.4) is 0 Å². The number of nitrogen functional groups attached to an aromatic ring is 1. The van der Waals surface area contributed by atoms with Crippen molar-refractivity contribution in [2.75, 3.05) is 30.3 Å². The molecule has 1 fully saturated rings. The number of hydrogen-bond acceptors (Lipinski definition) is 3. The molecule has 1 unspecified atom stereocenters. The number of hydrogen-bond donors (Lipinski definition) is 2. The third-order valence-electron chi connectivity index (χ3n) is 3.23. The maximum Gasteiger partial charge on any atom is 0.139 e. The van der Waals surface area contributed by atoms with Gasteiger partial charge in [-0.25, -0.2) is 4.39 Å². The highest BCUT2D eigenvalue weighted by atomic mass is 79.9. The maximum atomic E-state index is 13.3. The topological polar surface area (TPSA) is 49.5 Å². The minimum Gasteiger partial charge on any atom is -0.397 e. The first-order chi connectivity index (χ1) is 8.11. The molecule has 3 N–H and O–H groups in total. The van der Waals surface area contributed by atoms with E-state index >= 15 is 0 Å². The van der Waals surface area contributed by atoms with Crippen molar-refractivity contribution in [2.45, 2.75) is 12.8 Å². The Kier molecular flexibility index (Phi) is 3.89. The van der Waals surface area contributed by atoms with Gasteiger partial charge in [0.05, 0.1) is 15.8 Å². The average molecular weight is 303 g/mol. The van der Waals surface area contributed by atoms with E-state index < -0.39 is 0 Å². The molecule has 1 aromatic carbocycles. The lowest BCUT2D eigenvalue weighted by molar-refractivity contribution is 0.263. The van der Waals surface area contributed by atoms with Crippen molar-refractivity contribution in [2.24, 2.45) is 5.92 Å². The molecule has 0 radical (unpaired) electrons. The minimum absolute atomic E-state index is 0.223. The van der Waals surface area contributed by atoms with Crippen molar-refractivity contribution < 1.29 is 9.50 Å². The van der Waals surface area contributed by atoms with Gasteiger partial charge >= 0.3 is 0 Å². The van der Waals surface area contributed by atoms with E-state index in [-0.39, 0.29) is 12.4 Å². The Hall–Kier alpha value is -0.810. The highest BCUT2D eigenvalue weighted by Gasteiger charge is 2.24. The van der Waals surface area contributed by atoms with Gasteiger partial charge in [0.25, 0.3) is 0 Å². The molecule has 0 spiro atoms. The fraction of sp³-hybridized carbons (Fsp3) is 0.500. The van der Waals surface area contributed by atoms with Crippen LogP contribution in [-0.2, 0) is 0 Å². The summed E-state index contributed by atoms with van der Waals surface area (Å²) in [6, 6.07) is 3.07. The molecule has 0 saturated carbocycles. The van der Waals surface area contributed by atoms with Crippen molar-refractivity contribution in [3.8, 4) is 0 Å². The Bertz CT molecular complexity index is 414. The first kappa shape index (κ1) is 12.6. The van der Waals surface area contributed by atoms with Gasteiger partial charge in [0, 0.05) is 25.8 Å². The second kappa shape index (κ2) is 5.23. The van der Waals surface area contributed by atoms with Crippen molar-refractivity contribution in [1.82, 2.24) is 0 Å². The largest absolute Gasteiger partial charge is 0.397 e. The third-order valence-corrected chi connectivity index (χ3v) is 3.84. The van der Waals surface area contributed by atoms with Crippen LogP contribution in [0.5, 0.6) is 0 Å². The van der Waals surface area contributed by atoms with E-state index in [1.807, 2.05) is 0 Å². The van der Waals surface area contributed by atoms with Gasteiger partial charge in [0.2, 0.25) is 0 Å². The number of aliphatic hydroxyl groups is 1. The first-order valence-corrected chi connectivity index (χ1v) is 6.51. The zero-order chi connectivity index (χ0) is 12.4. The van der Waals surface area contributed by atoms with Crippen LogP contribution in [0.15, 0.2) is 16.6 Å². The van der Waals surface area contributed by atoms with E-state index in [9.17, 15) is 4.39 Å². The molecule has 5 heteroatoms. The molecule has 0 amide bonds. The van der Waals surface area contributed by atoms with Gasteiger partial charge in [-0.1, -0.05) is 0 Å². The Morgan fingerprint density at radius 2 is 2.29 bits per heavy atom. The molecule has 1 saturated heterocycles. The number of nitrogens with two attached hydrogens (primary N) is 1. The molecule has 17 heavy (non-hydrogen) atoms. The molecule has 1 heterocycles. The zero-order valence-electron chi connectivity index (χ0n) is 9.50. The minimum atomic E-state index is -0.336. The van der Waals surface area contributed by atoms with E-state index in [0.29, 0.717) is 16.1 Å². The van der Waals surface area contributed by atoms with Crippen molar-refractivity contribution in [3.63, 3.8) is 0 Å². The van der Waals surface area contributed by atoms with E-state index in [0.717, 1.165) is 31.6 Å². The van der Waals surface area contributed by atoms with E-state index in [2.05, 4.69) is 20.8 Å². The highest BCUT2D eigenvalue weighted by Crippen LogP contribution is 2.33. The lowest BCUT2D eigenvalue weighted by Gasteiger charge is -2.21. The summed E-state index contributed by atoms with van der Waals surface area (Å²) in [5, 5.41) is 8.92. The molecule has 94 valence electrons. The molecular formula is C12H16BrFN2O. The molecule has 1 aromatic rings. The smallest absolute Gasteiger partial charge is 0.139 e. The predicted molar refractivity (Wildman–Crippen MR) is 70.5 cm³/mol. The van der Waals surface area contributed by atoms with Gasteiger partial charge < -0.3 is 15.7 Å². The number of nitrogens with zero attached hydrogens (tertiary/aromatic N) is 1. The number of benzene rings is 1. The average Bonchev–Trinajstić information content (AvgIpc) is 2.72. The predicted octanol–water partition coefficient (Wildman–Crippen LogP) is 2.38. The fourth-order valence-electron chi connectivity index (χ4n) is 2.30. The van der Waals surface area contributed by atoms with Gasteiger partial charge in [-0.2, -0.15) is 0 Å². The number of anilines is 2. The van der Waals surface area contributed by atoms with Crippen molar-refractivity contribution in [1.29, 1.82) is 0 Å². The molecule has 0 aromatic heterocycles. The monoisotopic (exact) mass is 302 g/mol. The van der Waals surface area contributed by atoms with Crippen LogP contribution >= 0.6 is 15.9 Å². The van der Waals surface area contributed by atoms with Crippen LogP contribution in [0.2, 0.25) is 0 Å². The van der Waals surface area contributed by atoms with Crippen LogP contribution in [-0.4, -0.2) is 24.8 Å². The summed E-state index contributed by atoms with van der Waals surface area (Å²) in [4.78, 5) is 2.15. The van der Waals surface area contributed by atoms with E-state index in [4.69, 9.17) is 10.8 Å². The van der Waals surface area contributed by atoms with E-state index in [1.54, 1.807) is 6.07 Å². The van der Waals surface area contributed by atoms with E-state index in [1.165, 1.54) is 6.07 Å². The van der Waals surface area contributed by atoms with Gasteiger partial charge in [-0.3, -0.25) is 0 Å². The SMILES string of the molecule is Nc1cc(F)c(Br)cc1N1CCC(CCO)C1. The quantitative estimate of drug-likeness (QED) is 0.843. The van der Waals surface area contributed by atoms with Gasteiger partial charge in [-0.05, 0) is 40.8 Å². The second-order valence-corrected chi connectivity index (χ2v) is 5.29. The molecule has 2 rings (SSSR count). The van der Waals surface area contributed by atoms with Crippen molar-refractivity contribution >= 4 is 27.3 Å². The summed E-state index contributed by atoms with van der Waals surface area (Å²) in [5.74, 6) is 0.167. The summed E-state index contributed by atoms with van der Waals surface area (Å²) in [7, 11) is 0.